The summed E-state index contributed by atoms with van der Waals surface area (Å²) in [6, 6.07) is 0. The Labute approximate surface area is 317 Å². The maximum Gasteiger partial charge on any atom is 0.0628 e. The molecule has 0 aromatic carbocycles. The summed E-state index contributed by atoms with van der Waals surface area (Å²) >= 11 is 0. The van der Waals surface area contributed by atoms with Crippen molar-refractivity contribution in [2.45, 2.75) is 146 Å². The first-order valence-electron chi connectivity index (χ1n) is 17.7. The van der Waals surface area contributed by atoms with Crippen LogP contribution in [0.15, 0.2) is 0 Å². The Morgan fingerprint density at radius 2 is 0.510 bits per heavy atom. The van der Waals surface area contributed by atoms with Gasteiger partial charge in [-0.25, -0.2) is 0 Å². The minimum absolute atomic E-state index is 0. The second kappa shape index (κ2) is 20.6. The molecule has 8 N–H and O–H groups in total. The predicted octanol–water partition coefficient (Wildman–Crippen LogP) is 6.02. The first-order chi connectivity index (χ1) is 19.8. The van der Waals surface area contributed by atoms with Gasteiger partial charge in [-0.05, 0) is 80.0 Å². The second-order valence-electron chi connectivity index (χ2n) is 15.4. The van der Waals surface area contributed by atoms with Crippen molar-refractivity contribution in [1.82, 2.24) is 42.5 Å². The molecule has 299 valence electrons. The summed E-state index contributed by atoms with van der Waals surface area (Å²) in [5.41, 5.74) is 0. The fourth-order valence-corrected chi connectivity index (χ4v) is 11.7. The van der Waals surface area contributed by atoms with Gasteiger partial charge in [0.05, 0.1) is 43.2 Å². The molecule has 9 fully saturated rings. The van der Waals surface area contributed by atoms with Crippen molar-refractivity contribution >= 4 is 0 Å². The number of fused-ring (bicyclic) bond motifs is 20. The molecule has 1 radical (unpaired) electrons. The number of hydrogen-bond donors (Lipinski definition) is 8. The maximum atomic E-state index is 4.25. The molecule has 8 nitrogen and oxygen atoms in total. The fourth-order valence-electron chi connectivity index (χ4n) is 11.7. The molecule has 5 heterocycles. The number of nitrogens with one attached hydrogen (secondary N) is 8. The van der Waals surface area contributed by atoms with E-state index in [-0.39, 0.29) is 76.5 Å². The minimum atomic E-state index is 0. The zero-order valence-electron chi connectivity index (χ0n) is 32.7. The monoisotopic (exact) mass is 735 g/mol. The zero-order chi connectivity index (χ0) is 26.2. The quantitative estimate of drug-likeness (QED) is 0.113. The molecule has 0 amide bonds. The molecule has 16 unspecified atom stereocenters. The summed E-state index contributed by atoms with van der Waals surface area (Å²) in [6.07, 6.45) is 26.4. The van der Waals surface area contributed by atoms with Gasteiger partial charge in [0.25, 0.3) is 0 Å². The van der Waals surface area contributed by atoms with Crippen LogP contribution in [0.5, 0.6) is 0 Å². The van der Waals surface area contributed by atoms with Gasteiger partial charge in [-0.1, -0.05) is 51.4 Å². The second-order valence-corrected chi connectivity index (χ2v) is 15.4. The first-order valence-corrected chi connectivity index (χ1v) is 17.7. The average molecular weight is 736 g/mol. The van der Waals surface area contributed by atoms with Crippen LogP contribution < -0.4 is 42.5 Å². The van der Waals surface area contributed by atoms with Crippen molar-refractivity contribution in [1.29, 1.82) is 0 Å². The summed E-state index contributed by atoms with van der Waals surface area (Å²) in [7, 11) is 0. The average Bonchev–Trinajstić information content (AvgIpc) is 3.73. The van der Waals surface area contributed by atoms with Gasteiger partial charge in [0, 0.05) is 23.2 Å². The van der Waals surface area contributed by atoms with E-state index in [4.69, 9.17) is 0 Å². The SMILES string of the molecule is [CH-]1CCCC2C3NC(NC4NC(NC5NC(NC6NC(N3)C3CCCCC63)C3CCCCC53)C3CCCCC43)C12.[CH3-].[CH3-].[CH3-].[CH3-].[CH3-].[CH3-].[CH3-].[CH3-].[Cu]. The summed E-state index contributed by atoms with van der Waals surface area (Å²) < 4.78 is 0. The van der Waals surface area contributed by atoms with E-state index in [0.29, 0.717) is 61.2 Å². The third-order valence-corrected chi connectivity index (χ3v) is 13.6. The molecular weight excluding hydrogens is 656 g/mol. The minimum Gasteiger partial charge on any atom is -0.358 e. The molecule has 0 spiro atoms. The van der Waals surface area contributed by atoms with Gasteiger partial charge in [-0.2, -0.15) is 6.42 Å². The van der Waals surface area contributed by atoms with Gasteiger partial charge in [0.2, 0.25) is 0 Å². The molecule has 5 saturated heterocycles. The molecule has 16 atom stereocenters. The van der Waals surface area contributed by atoms with Crippen LogP contribution in [0.4, 0.5) is 0 Å². The van der Waals surface area contributed by atoms with Crippen LogP contribution in [-0.4, -0.2) is 49.3 Å². The zero-order valence-corrected chi connectivity index (χ0v) is 33.7. The summed E-state index contributed by atoms with van der Waals surface area (Å²) in [6.45, 7) is 0. The van der Waals surface area contributed by atoms with Gasteiger partial charge < -0.3 is 65.8 Å². The van der Waals surface area contributed by atoms with Crippen molar-refractivity contribution in [2.75, 3.05) is 0 Å². The van der Waals surface area contributed by atoms with Crippen LogP contribution in [0, 0.1) is 113 Å². The van der Waals surface area contributed by atoms with E-state index in [2.05, 4.69) is 49.0 Å². The van der Waals surface area contributed by atoms with Crippen molar-refractivity contribution in [2.24, 2.45) is 47.3 Å². The largest absolute Gasteiger partial charge is 0.358 e. The van der Waals surface area contributed by atoms with Gasteiger partial charge in [0.1, 0.15) is 0 Å². The molecule has 8 bridgehead atoms. The Morgan fingerprint density at radius 3 is 0.796 bits per heavy atom. The third kappa shape index (κ3) is 8.79. The first kappa shape index (κ1) is 49.2. The van der Waals surface area contributed by atoms with E-state index in [9.17, 15) is 0 Å². The van der Waals surface area contributed by atoms with Crippen molar-refractivity contribution in [3.8, 4) is 0 Å². The van der Waals surface area contributed by atoms with E-state index in [1.165, 1.54) is 96.3 Å². The Hall–Kier alpha value is 0.199. The Kier molecular flexibility index (Phi) is 20.7. The fraction of sp³-hybridized carbons (Fsp3) is 0.775. The van der Waals surface area contributed by atoms with Crippen LogP contribution in [0.25, 0.3) is 0 Å². The van der Waals surface area contributed by atoms with Crippen molar-refractivity contribution < 1.29 is 17.1 Å². The van der Waals surface area contributed by atoms with Crippen LogP contribution >= 0.6 is 0 Å². The van der Waals surface area contributed by atoms with Crippen LogP contribution in [-0.2, 0) is 17.1 Å². The van der Waals surface area contributed by atoms with E-state index < -0.39 is 0 Å². The number of hydrogen-bond acceptors (Lipinski definition) is 8. The summed E-state index contributed by atoms with van der Waals surface area (Å²) in [5.74, 6) is 5.74. The Balaban J connectivity index is 0.00000256. The maximum absolute atomic E-state index is 4.25. The van der Waals surface area contributed by atoms with Crippen LogP contribution in [0.3, 0.4) is 0 Å². The van der Waals surface area contributed by atoms with E-state index in [1.807, 2.05) is 0 Å². The van der Waals surface area contributed by atoms with Crippen LogP contribution in [0.1, 0.15) is 96.3 Å². The molecule has 9 heteroatoms. The van der Waals surface area contributed by atoms with Crippen molar-refractivity contribution in [3.05, 3.63) is 65.8 Å². The standard InChI is InChI=1S/C32H55N8.8CH3.Cu/c1-2-10-18-17(9-1)25-33-26(18)38-28-21-13-5-6-14-22(21)30(35-28)40-32-24-16-8-7-15-23(24)31(36-32)39-29-20-12-4-3-11-19(20)27(34-29)37-25;;;;;;;;;/h9,17-40H,1-8,10-16H2;8*1H3;/q9*-1;. The molecule has 5 aliphatic heterocycles. The topological polar surface area (TPSA) is 96.2 Å². The smallest absolute Gasteiger partial charge is 0.0628 e. The molecule has 9 rings (SSSR count). The van der Waals surface area contributed by atoms with E-state index in [1.54, 1.807) is 0 Å². The molecule has 4 aliphatic carbocycles. The van der Waals surface area contributed by atoms with E-state index in [0.717, 1.165) is 35.5 Å². The molecule has 0 aromatic rings. The van der Waals surface area contributed by atoms with Gasteiger partial charge in [-0.3, -0.25) is 42.5 Å². The third-order valence-electron chi connectivity index (χ3n) is 13.6. The van der Waals surface area contributed by atoms with Gasteiger partial charge >= 0.3 is 0 Å². The molecule has 0 aromatic heterocycles. The van der Waals surface area contributed by atoms with E-state index >= 15 is 0 Å². The predicted molar refractivity (Wildman–Crippen MR) is 208 cm³/mol. The summed E-state index contributed by atoms with van der Waals surface area (Å²) in [4.78, 5) is 0. The Morgan fingerprint density at radius 1 is 0.286 bits per heavy atom. The number of rotatable bonds is 0. The van der Waals surface area contributed by atoms with Gasteiger partial charge in [-0.15, -0.1) is 5.92 Å². The van der Waals surface area contributed by atoms with Gasteiger partial charge in [0.15, 0.2) is 0 Å². The Bertz CT molecular complexity index is 719. The normalized spacial score (nSPS) is 47.0. The molecule has 4 saturated carbocycles. The summed E-state index contributed by atoms with van der Waals surface area (Å²) in [5, 5.41) is 33.7. The van der Waals surface area contributed by atoms with Crippen LogP contribution in [0.2, 0.25) is 0 Å². The molecule has 49 heavy (non-hydrogen) atoms. The molecular formula is C40H79CuN8-9. The molecule has 9 aliphatic rings. The van der Waals surface area contributed by atoms with Crippen molar-refractivity contribution in [3.63, 3.8) is 0 Å².